The Kier molecular flexibility index (Phi) is 3.98. The van der Waals surface area contributed by atoms with Gasteiger partial charge in [0.1, 0.15) is 5.54 Å². The Labute approximate surface area is 94.1 Å². The van der Waals surface area contributed by atoms with E-state index in [1.54, 1.807) is 38.4 Å². The summed E-state index contributed by atoms with van der Waals surface area (Å²) in [5.74, 6) is -0.987. The van der Waals surface area contributed by atoms with Gasteiger partial charge in [-0.25, -0.2) is 4.79 Å². The van der Waals surface area contributed by atoms with E-state index in [2.05, 4.69) is 10.3 Å². The van der Waals surface area contributed by atoms with E-state index in [9.17, 15) is 9.90 Å². The van der Waals surface area contributed by atoms with E-state index in [1.165, 1.54) is 0 Å². The molecule has 5 nitrogen and oxygen atoms in total. The van der Waals surface area contributed by atoms with Crippen molar-refractivity contribution in [3.8, 4) is 0 Å². The van der Waals surface area contributed by atoms with Crippen LogP contribution in [0.5, 0.6) is 0 Å². The lowest BCUT2D eigenvalue weighted by molar-refractivity contribution is -0.145. The lowest BCUT2D eigenvalue weighted by atomic mass is 9.92. The van der Waals surface area contributed by atoms with E-state index in [4.69, 9.17) is 5.11 Å². The highest BCUT2D eigenvalue weighted by Crippen LogP contribution is 2.20. The molecule has 0 saturated carbocycles. The average molecular weight is 224 g/mol. The Hall–Kier alpha value is -1.46. The molecule has 0 radical (unpaired) electrons. The summed E-state index contributed by atoms with van der Waals surface area (Å²) in [5.41, 5.74) is -0.610. The van der Waals surface area contributed by atoms with Crippen molar-refractivity contribution < 1.29 is 15.0 Å². The highest BCUT2D eigenvalue weighted by atomic mass is 16.4. The molecular formula is C11H16N2O3. The van der Waals surface area contributed by atoms with Crippen molar-refractivity contribution in [3.63, 3.8) is 0 Å². The topological polar surface area (TPSA) is 82.5 Å². The summed E-state index contributed by atoms with van der Waals surface area (Å²) in [6, 6.07) is 2.99. The van der Waals surface area contributed by atoms with E-state index < -0.39 is 11.5 Å². The van der Waals surface area contributed by atoms with Gasteiger partial charge in [0.15, 0.2) is 0 Å². The Balaban J connectivity index is 3.02. The number of hydrogen-bond donors (Lipinski definition) is 3. The van der Waals surface area contributed by atoms with Gasteiger partial charge in [-0.05, 0) is 31.5 Å². The normalized spacial score (nSPS) is 16.4. The molecule has 2 unspecified atom stereocenters. The highest BCUT2D eigenvalue weighted by molar-refractivity contribution is 5.80. The Morgan fingerprint density at radius 2 is 2.12 bits per heavy atom. The number of aliphatic carboxylic acids is 1. The molecule has 1 heterocycles. The van der Waals surface area contributed by atoms with Crippen LogP contribution in [0.1, 0.15) is 19.4 Å². The molecule has 0 saturated heterocycles. The van der Waals surface area contributed by atoms with Gasteiger partial charge in [-0.3, -0.25) is 10.3 Å². The van der Waals surface area contributed by atoms with Crippen LogP contribution in [0.15, 0.2) is 24.5 Å². The number of aliphatic hydroxyl groups is 1. The van der Waals surface area contributed by atoms with Gasteiger partial charge in [0.2, 0.25) is 0 Å². The standard InChI is InChI=1S/C11H16N2O3/c1-8(7-14)13-11(2,10(15)16)9-3-5-12-6-4-9/h3-6,8,13-14H,7H2,1-2H3,(H,15,16). The molecule has 0 spiro atoms. The fraction of sp³-hybridized carbons (Fsp3) is 0.455. The third-order valence-electron chi connectivity index (χ3n) is 2.49. The number of carbonyl (C=O) groups is 1. The molecule has 1 aromatic heterocycles. The molecule has 0 aliphatic rings. The molecular weight excluding hydrogens is 208 g/mol. The lowest BCUT2D eigenvalue weighted by Crippen LogP contribution is -2.51. The van der Waals surface area contributed by atoms with E-state index in [0.29, 0.717) is 5.56 Å². The van der Waals surface area contributed by atoms with Crippen LogP contribution in [0.4, 0.5) is 0 Å². The maximum absolute atomic E-state index is 11.3. The van der Waals surface area contributed by atoms with E-state index in [0.717, 1.165) is 0 Å². The van der Waals surface area contributed by atoms with Crippen LogP contribution in [0, 0.1) is 0 Å². The second kappa shape index (κ2) is 5.05. The van der Waals surface area contributed by atoms with Crippen molar-refractivity contribution in [1.82, 2.24) is 10.3 Å². The van der Waals surface area contributed by atoms with Crippen LogP contribution in [0.3, 0.4) is 0 Å². The third kappa shape index (κ3) is 2.56. The fourth-order valence-electron chi connectivity index (χ4n) is 1.49. The number of hydrogen-bond acceptors (Lipinski definition) is 4. The van der Waals surface area contributed by atoms with Crippen LogP contribution in [0.2, 0.25) is 0 Å². The molecule has 0 aromatic carbocycles. The Morgan fingerprint density at radius 3 is 2.56 bits per heavy atom. The lowest BCUT2D eigenvalue weighted by Gasteiger charge is -2.29. The molecule has 0 amide bonds. The summed E-state index contributed by atoms with van der Waals surface area (Å²) in [4.78, 5) is 15.2. The summed E-state index contributed by atoms with van der Waals surface area (Å²) in [6.45, 7) is 3.17. The largest absolute Gasteiger partial charge is 0.480 e. The van der Waals surface area contributed by atoms with Gasteiger partial charge in [0.05, 0.1) is 6.61 Å². The second-order valence-corrected chi connectivity index (χ2v) is 3.89. The van der Waals surface area contributed by atoms with Crippen molar-refractivity contribution in [3.05, 3.63) is 30.1 Å². The van der Waals surface area contributed by atoms with Gasteiger partial charge in [-0.1, -0.05) is 0 Å². The van der Waals surface area contributed by atoms with Gasteiger partial charge < -0.3 is 10.2 Å². The first-order chi connectivity index (χ1) is 7.50. The number of carboxylic acid groups (broad SMARTS) is 1. The molecule has 88 valence electrons. The van der Waals surface area contributed by atoms with Crippen molar-refractivity contribution >= 4 is 5.97 Å². The van der Waals surface area contributed by atoms with Crippen LogP contribution in [-0.4, -0.2) is 33.8 Å². The number of carboxylic acids is 1. The molecule has 0 bridgehead atoms. The van der Waals surface area contributed by atoms with Gasteiger partial charge in [0, 0.05) is 18.4 Å². The van der Waals surface area contributed by atoms with Crippen molar-refractivity contribution in [2.75, 3.05) is 6.61 Å². The molecule has 16 heavy (non-hydrogen) atoms. The van der Waals surface area contributed by atoms with Crippen molar-refractivity contribution in [2.24, 2.45) is 0 Å². The Bertz CT molecular complexity index is 356. The van der Waals surface area contributed by atoms with Gasteiger partial charge in [0.25, 0.3) is 0 Å². The summed E-state index contributed by atoms with van der Waals surface area (Å²) in [6.07, 6.45) is 3.09. The van der Waals surface area contributed by atoms with Crippen LogP contribution >= 0.6 is 0 Å². The predicted octanol–water partition coefficient (Wildman–Crippen LogP) is 0.352. The molecule has 0 aliphatic carbocycles. The van der Waals surface area contributed by atoms with E-state index >= 15 is 0 Å². The summed E-state index contributed by atoms with van der Waals surface area (Å²) in [5, 5.41) is 21.1. The highest BCUT2D eigenvalue weighted by Gasteiger charge is 2.35. The van der Waals surface area contributed by atoms with Crippen LogP contribution < -0.4 is 5.32 Å². The van der Waals surface area contributed by atoms with Crippen molar-refractivity contribution in [1.29, 1.82) is 0 Å². The summed E-state index contributed by atoms with van der Waals surface area (Å²) < 4.78 is 0. The fourth-order valence-corrected chi connectivity index (χ4v) is 1.49. The molecule has 2 atom stereocenters. The zero-order valence-electron chi connectivity index (χ0n) is 9.34. The minimum absolute atomic E-state index is 0.117. The first-order valence-electron chi connectivity index (χ1n) is 5.03. The second-order valence-electron chi connectivity index (χ2n) is 3.89. The number of rotatable bonds is 5. The van der Waals surface area contributed by atoms with Crippen LogP contribution in [0.25, 0.3) is 0 Å². The minimum Gasteiger partial charge on any atom is -0.480 e. The molecule has 0 fully saturated rings. The smallest absolute Gasteiger partial charge is 0.328 e. The predicted molar refractivity (Wildman–Crippen MR) is 58.9 cm³/mol. The number of aliphatic hydroxyl groups excluding tert-OH is 1. The summed E-state index contributed by atoms with van der Waals surface area (Å²) in [7, 11) is 0. The molecule has 1 rings (SSSR count). The maximum Gasteiger partial charge on any atom is 0.328 e. The number of pyridine rings is 1. The average Bonchev–Trinajstić information content (AvgIpc) is 2.29. The third-order valence-corrected chi connectivity index (χ3v) is 2.49. The SMILES string of the molecule is CC(CO)NC(C)(C(=O)O)c1ccncc1. The number of aromatic nitrogens is 1. The van der Waals surface area contributed by atoms with E-state index in [1.807, 2.05) is 0 Å². The van der Waals surface area contributed by atoms with Gasteiger partial charge in [-0.2, -0.15) is 0 Å². The number of nitrogens with one attached hydrogen (secondary N) is 1. The van der Waals surface area contributed by atoms with Crippen LogP contribution in [-0.2, 0) is 10.3 Å². The molecule has 5 heteroatoms. The van der Waals surface area contributed by atoms with Crippen molar-refractivity contribution in [2.45, 2.75) is 25.4 Å². The molecule has 3 N–H and O–H groups in total. The first-order valence-corrected chi connectivity index (χ1v) is 5.03. The maximum atomic E-state index is 11.3. The van der Waals surface area contributed by atoms with Gasteiger partial charge in [-0.15, -0.1) is 0 Å². The zero-order valence-corrected chi connectivity index (χ0v) is 9.34. The molecule has 1 aromatic rings. The minimum atomic E-state index is -1.22. The van der Waals surface area contributed by atoms with Gasteiger partial charge >= 0.3 is 5.97 Å². The number of nitrogens with zero attached hydrogens (tertiary/aromatic N) is 1. The molecule has 0 aliphatic heterocycles. The van der Waals surface area contributed by atoms with E-state index in [-0.39, 0.29) is 12.6 Å². The first kappa shape index (κ1) is 12.6. The monoisotopic (exact) mass is 224 g/mol. The Morgan fingerprint density at radius 1 is 1.56 bits per heavy atom. The quantitative estimate of drug-likeness (QED) is 0.672. The zero-order chi connectivity index (χ0) is 12.2. The summed E-state index contributed by atoms with van der Waals surface area (Å²) >= 11 is 0.